The quantitative estimate of drug-likeness (QED) is 0.776. The van der Waals surface area contributed by atoms with Crippen molar-refractivity contribution in [3.8, 4) is 0 Å². The Balaban J connectivity index is 2.39. The van der Waals surface area contributed by atoms with Crippen LogP contribution in [0.1, 0.15) is 38.8 Å². The highest BCUT2D eigenvalue weighted by Gasteiger charge is 2.05. The first-order chi connectivity index (χ1) is 6.74. The van der Waals surface area contributed by atoms with E-state index in [0.29, 0.717) is 6.04 Å². The smallest absolute Gasteiger partial charge is 0.0293 e. The van der Waals surface area contributed by atoms with Crippen LogP contribution < -0.4 is 5.32 Å². The summed E-state index contributed by atoms with van der Waals surface area (Å²) in [5.74, 6) is 0.749. The van der Waals surface area contributed by atoms with Gasteiger partial charge in [-0.3, -0.25) is 4.98 Å². The van der Waals surface area contributed by atoms with Crippen molar-refractivity contribution in [1.29, 1.82) is 0 Å². The molecule has 14 heavy (non-hydrogen) atoms. The molecule has 1 heterocycles. The average molecular weight is 192 g/mol. The van der Waals surface area contributed by atoms with Gasteiger partial charge in [0.05, 0.1) is 0 Å². The van der Waals surface area contributed by atoms with Crippen LogP contribution in [0.25, 0.3) is 0 Å². The molecule has 0 aliphatic heterocycles. The highest BCUT2D eigenvalue weighted by atomic mass is 14.9. The summed E-state index contributed by atoms with van der Waals surface area (Å²) in [7, 11) is 0. The number of nitrogens with zero attached hydrogens (tertiary/aromatic N) is 1. The van der Waals surface area contributed by atoms with Crippen LogP contribution in [-0.4, -0.2) is 11.5 Å². The summed E-state index contributed by atoms with van der Waals surface area (Å²) in [6.45, 7) is 7.77. The Hall–Kier alpha value is -0.890. The zero-order chi connectivity index (χ0) is 10.4. The highest BCUT2D eigenvalue weighted by Crippen LogP contribution is 2.11. The molecule has 0 fully saturated rings. The monoisotopic (exact) mass is 192 g/mol. The van der Waals surface area contributed by atoms with Crippen molar-refractivity contribution in [3.63, 3.8) is 0 Å². The number of pyridine rings is 1. The van der Waals surface area contributed by atoms with E-state index in [-0.39, 0.29) is 0 Å². The van der Waals surface area contributed by atoms with Crippen molar-refractivity contribution in [1.82, 2.24) is 10.3 Å². The van der Waals surface area contributed by atoms with E-state index in [0.717, 1.165) is 12.5 Å². The molecule has 0 aliphatic rings. The molecule has 1 rings (SSSR count). The summed E-state index contributed by atoms with van der Waals surface area (Å²) < 4.78 is 0. The van der Waals surface area contributed by atoms with Crippen molar-refractivity contribution in [2.45, 2.75) is 33.2 Å². The molecule has 0 saturated carbocycles. The number of nitrogens with one attached hydrogen (secondary N) is 1. The lowest BCUT2D eigenvalue weighted by molar-refractivity contribution is 0.461. The minimum atomic E-state index is 0.423. The third kappa shape index (κ3) is 3.46. The van der Waals surface area contributed by atoms with Gasteiger partial charge in [-0.25, -0.2) is 0 Å². The van der Waals surface area contributed by atoms with E-state index in [1.165, 1.54) is 12.0 Å². The molecule has 78 valence electrons. The van der Waals surface area contributed by atoms with Crippen molar-refractivity contribution in [3.05, 3.63) is 30.1 Å². The Labute approximate surface area is 86.8 Å². The maximum absolute atomic E-state index is 4.01. The molecule has 0 amide bonds. The molecule has 0 radical (unpaired) electrons. The van der Waals surface area contributed by atoms with Gasteiger partial charge in [-0.15, -0.1) is 0 Å². The van der Waals surface area contributed by atoms with E-state index in [9.17, 15) is 0 Å². The van der Waals surface area contributed by atoms with Gasteiger partial charge < -0.3 is 5.32 Å². The largest absolute Gasteiger partial charge is 0.310 e. The third-order valence-electron chi connectivity index (χ3n) is 2.68. The van der Waals surface area contributed by atoms with Gasteiger partial charge in [0.2, 0.25) is 0 Å². The van der Waals surface area contributed by atoms with Crippen LogP contribution in [0.15, 0.2) is 24.5 Å². The van der Waals surface area contributed by atoms with Gasteiger partial charge in [-0.1, -0.05) is 20.3 Å². The summed E-state index contributed by atoms with van der Waals surface area (Å²) in [6, 6.07) is 4.55. The standard InChI is InChI=1S/C12H20N2/c1-4-10(2)9-14-11(3)12-5-7-13-8-6-12/h5-8,10-11,14H,4,9H2,1-3H3/t10?,11-/m0/s1. The van der Waals surface area contributed by atoms with E-state index in [1.54, 1.807) is 0 Å². The molecular weight excluding hydrogens is 172 g/mol. The van der Waals surface area contributed by atoms with E-state index >= 15 is 0 Å². The van der Waals surface area contributed by atoms with Crippen LogP contribution in [-0.2, 0) is 0 Å². The fraction of sp³-hybridized carbons (Fsp3) is 0.583. The molecule has 0 bridgehead atoms. The van der Waals surface area contributed by atoms with Gasteiger partial charge in [0.25, 0.3) is 0 Å². The SMILES string of the molecule is CCC(C)CN[C@@H](C)c1ccncc1. The van der Waals surface area contributed by atoms with Crippen molar-refractivity contribution < 1.29 is 0 Å². The van der Waals surface area contributed by atoms with E-state index in [4.69, 9.17) is 0 Å². The number of aromatic nitrogens is 1. The van der Waals surface area contributed by atoms with Crippen LogP contribution in [0.4, 0.5) is 0 Å². The van der Waals surface area contributed by atoms with Crippen LogP contribution in [0, 0.1) is 5.92 Å². The number of hydrogen-bond donors (Lipinski definition) is 1. The molecule has 2 heteroatoms. The molecular formula is C12H20N2. The second-order valence-electron chi connectivity index (χ2n) is 3.92. The second-order valence-corrected chi connectivity index (χ2v) is 3.92. The van der Waals surface area contributed by atoms with Crippen molar-refractivity contribution in [2.75, 3.05) is 6.54 Å². The molecule has 2 nitrogen and oxygen atoms in total. The Bertz CT molecular complexity index is 246. The van der Waals surface area contributed by atoms with Gasteiger partial charge in [0.15, 0.2) is 0 Å². The number of hydrogen-bond acceptors (Lipinski definition) is 2. The fourth-order valence-electron chi connectivity index (χ4n) is 1.29. The molecule has 1 unspecified atom stereocenters. The Kier molecular flexibility index (Phi) is 4.60. The Morgan fingerprint density at radius 3 is 2.50 bits per heavy atom. The molecule has 1 aromatic heterocycles. The lowest BCUT2D eigenvalue weighted by Crippen LogP contribution is -2.24. The summed E-state index contributed by atoms with van der Waals surface area (Å²) in [5, 5.41) is 3.52. The van der Waals surface area contributed by atoms with Crippen LogP contribution >= 0.6 is 0 Å². The molecule has 2 atom stereocenters. The maximum Gasteiger partial charge on any atom is 0.0293 e. The molecule has 0 aromatic carbocycles. The molecule has 0 spiro atoms. The van der Waals surface area contributed by atoms with Gasteiger partial charge in [0.1, 0.15) is 0 Å². The summed E-state index contributed by atoms with van der Waals surface area (Å²) in [5.41, 5.74) is 1.31. The predicted octanol–water partition coefficient (Wildman–Crippen LogP) is 2.78. The van der Waals surface area contributed by atoms with Crippen molar-refractivity contribution in [2.24, 2.45) is 5.92 Å². The average Bonchev–Trinajstić information content (AvgIpc) is 2.26. The summed E-state index contributed by atoms with van der Waals surface area (Å²) in [6.07, 6.45) is 4.92. The van der Waals surface area contributed by atoms with Crippen LogP contribution in [0.5, 0.6) is 0 Å². The topological polar surface area (TPSA) is 24.9 Å². The van der Waals surface area contributed by atoms with E-state index in [1.807, 2.05) is 12.4 Å². The zero-order valence-corrected chi connectivity index (χ0v) is 9.33. The van der Waals surface area contributed by atoms with Gasteiger partial charge in [-0.2, -0.15) is 0 Å². The molecule has 0 aliphatic carbocycles. The van der Waals surface area contributed by atoms with Gasteiger partial charge in [-0.05, 0) is 37.1 Å². The first-order valence-electron chi connectivity index (χ1n) is 5.37. The predicted molar refractivity (Wildman–Crippen MR) is 60.1 cm³/mol. The molecule has 1 N–H and O–H groups in total. The first kappa shape index (κ1) is 11.2. The zero-order valence-electron chi connectivity index (χ0n) is 9.33. The second kappa shape index (κ2) is 5.76. The fourth-order valence-corrected chi connectivity index (χ4v) is 1.29. The lowest BCUT2D eigenvalue weighted by Gasteiger charge is -2.16. The minimum Gasteiger partial charge on any atom is -0.310 e. The van der Waals surface area contributed by atoms with Crippen LogP contribution in [0.2, 0.25) is 0 Å². The minimum absolute atomic E-state index is 0.423. The third-order valence-corrected chi connectivity index (χ3v) is 2.68. The summed E-state index contributed by atoms with van der Waals surface area (Å²) in [4.78, 5) is 4.01. The normalized spacial score (nSPS) is 15.1. The van der Waals surface area contributed by atoms with E-state index in [2.05, 4.69) is 43.2 Å². The maximum atomic E-state index is 4.01. The Morgan fingerprint density at radius 1 is 1.29 bits per heavy atom. The van der Waals surface area contributed by atoms with Gasteiger partial charge >= 0.3 is 0 Å². The highest BCUT2D eigenvalue weighted by molar-refractivity contribution is 5.13. The van der Waals surface area contributed by atoms with Crippen molar-refractivity contribution >= 4 is 0 Å². The molecule has 1 aromatic rings. The van der Waals surface area contributed by atoms with Crippen LogP contribution in [0.3, 0.4) is 0 Å². The van der Waals surface area contributed by atoms with Gasteiger partial charge in [0, 0.05) is 18.4 Å². The number of rotatable bonds is 5. The van der Waals surface area contributed by atoms with E-state index < -0.39 is 0 Å². The first-order valence-corrected chi connectivity index (χ1v) is 5.37. The summed E-state index contributed by atoms with van der Waals surface area (Å²) >= 11 is 0. The Morgan fingerprint density at radius 2 is 1.93 bits per heavy atom. The lowest BCUT2D eigenvalue weighted by atomic mass is 10.1. The molecule has 0 saturated heterocycles.